The van der Waals surface area contributed by atoms with Gasteiger partial charge < -0.3 is 40.5 Å². The highest BCUT2D eigenvalue weighted by Gasteiger charge is 2.27. The predicted molar refractivity (Wildman–Crippen MR) is 129 cm³/mol. The standard InChI is InChI=1S/C24H23N3O9/c1-3-35-16-10-12(18-19(23(30)31)21(25)27-22(29)20(18)24(32)33)8-9-15(16)36-11-17(28)26-13-6-4-5-7-14(13)34-2/h4-10H,3,11H2,1-2H3,(H,26,28)(H,30,31)(H,32,33)(H3,25,27,29). The van der Waals surface area contributed by atoms with Crippen LogP contribution in [-0.4, -0.2) is 53.4 Å². The van der Waals surface area contributed by atoms with E-state index in [1.165, 1.54) is 25.3 Å². The first-order valence-corrected chi connectivity index (χ1v) is 10.5. The number of carboxylic acid groups (broad SMARTS) is 2. The predicted octanol–water partition coefficient (Wildman–Crippen LogP) is 2.45. The number of nitrogen functional groups attached to an aromatic ring is 1. The maximum Gasteiger partial charge on any atom is 0.342 e. The Balaban J connectivity index is 1.97. The fourth-order valence-electron chi connectivity index (χ4n) is 3.46. The van der Waals surface area contributed by atoms with E-state index in [-0.39, 0.29) is 23.7 Å². The smallest absolute Gasteiger partial charge is 0.342 e. The van der Waals surface area contributed by atoms with E-state index in [1.54, 1.807) is 31.2 Å². The van der Waals surface area contributed by atoms with Crippen molar-refractivity contribution < 1.29 is 38.8 Å². The lowest BCUT2D eigenvalue weighted by Gasteiger charge is -2.16. The van der Waals surface area contributed by atoms with E-state index in [0.29, 0.717) is 11.4 Å². The molecule has 2 aromatic carbocycles. The quantitative estimate of drug-likeness (QED) is 0.278. The van der Waals surface area contributed by atoms with Gasteiger partial charge in [0.25, 0.3) is 11.5 Å². The van der Waals surface area contributed by atoms with Crippen molar-refractivity contribution in [1.82, 2.24) is 4.98 Å². The maximum atomic E-state index is 12.4. The van der Waals surface area contributed by atoms with Crippen LogP contribution in [0.25, 0.3) is 11.1 Å². The first-order valence-electron chi connectivity index (χ1n) is 10.5. The number of aromatic nitrogens is 1. The molecule has 1 aromatic heterocycles. The number of hydrogen-bond acceptors (Lipinski definition) is 8. The normalized spacial score (nSPS) is 10.4. The molecule has 1 amide bonds. The summed E-state index contributed by atoms with van der Waals surface area (Å²) in [6.07, 6.45) is 0. The number of hydrogen-bond donors (Lipinski definition) is 5. The van der Waals surface area contributed by atoms with Gasteiger partial charge in [-0.1, -0.05) is 18.2 Å². The van der Waals surface area contributed by atoms with E-state index in [4.69, 9.17) is 19.9 Å². The van der Waals surface area contributed by atoms with Crippen molar-refractivity contribution >= 4 is 29.4 Å². The topological polar surface area (TPSA) is 190 Å². The van der Waals surface area contributed by atoms with Crippen molar-refractivity contribution in [3.8, 4) is 28.4 Å². The molecule has 0 unspecified atom stereocenters. The second-order valence-corrected chi connectivity index (χ2v) is 7.23. The molecule has 0 saturated heterocycles. The van der Waals surface area contributed by atoms with Crippen molar-refractivity contribution in [2.75, 3.05) is 31.4 Å². The van der Waals surface area contributed by atoms with Gasteiger partial charge in [0, 0.05) is 5.56 Å². The number of amides is 1. The summed E-state index contributed by atoms with van der Waals surface area (Å²) in [6.45, 7) is 1.44. The largest absolute Gasteiger partial charge is 0.495 e. The van der Waals surface area contributed by atoms with E-state index in [1.807, 2.05) is 4.98 Å². The number of ether oxygens (including phenoxy) is 3. The summed E-state index contributed by atoms with van der Waals surface area (Å²) < 4.78 is 16.3. The van der Waals surface area contributed by atoms with Crippen LogP contribution >= 0.6 is 0 Å². The molecule has 12 heteroatoms. The number of methoxy groups -OCH3 is 1. The van der Waals surface area contributed by atoms with Crippen molar-refractivity contribution in [1.29, 1.82) is 0 Å². The highest BCUT2D eigenvalue weighted by Crippen LogP contribution is 2.36. The zero-order valence-electron chi connectivity index (χ0n) is 19.3. The van der Waals surface area contributed by atoms with Crippen LogP contribution in [0, 0.1) is 0 Å². The van der Waals surface area contributed by atoms with E-state index in [0.717, 1.165) is 0 Å². The van der Waals surface area contributed by atoms with Crippen LogP contribution < -0.4 is 30.8 Å². The van der Waals surface area contributed by atoms with Gasteiger partial charge in [0.2, 0.25) is 0 Å². The van der Waals surface area contributed by atoms with Crippen LogP contribution in [0.4, 0.5) is 11.5 Å². The maximum absolute atomic E-state index is 12.4. The second-order valence-electron chi connectivity index (χ2n) is 7.23. The second kappa shape index (κ2) is 11.0. The number of anilines is 2. The van der Waals surface area contributed by atoms with Gasteiger partial charge >= 0.3 is 11.9 Å². The Morgan fingerprint density at radius 3 is 2.31 bits per heavy atom. The molecule has 3 rings (SSSR count). The van der Waals surface area contributed by atoms with E-state index in [9.17, 15) is 29.4 Å². The van der Waals surface area contributed by atoms with Gasteiger partial charge in [-0.15, -0.1) is 0 Å². The van der Waals surface area contributed by atoms with E-state index >= 15 is 0 Å². The highest BCUT2D eigenvalue weighted by atomic mass is 16.5. The molecule has 0 saturated carbocycles. The van der Waals surface area contributed by atoms with Crippen LogP contribution in [0.3, 0.4) is 0 Å². The molecule has 12 nitrogen and oxygen atoms in total. The monoisotopic (exact) mass is 497 g/mol. The number of nitrogens with two attached hydrogens (primary N) is 1. The lowest BCUT2D eigenvalue weighted by molar-refractivity contribution is -0.118. The average molecular weight is 497 g/mol. The van der Waals surface area contributed by atoms with Gasteiger partial charge in [-0.2, -0.15) is 0 Å². The van der Waals surface area contributed by atoms with Gasteiger partial charge in [0.15, 0.2) is 18.1 Å². The number of carbonyl (C=O) groups excluding carboxylic acids is 1. The lowest BCUT2D eigenvalue weighted by Crippen LogP contribution is -2.24. The third-order valence-electron chi connectivity index (χ3n) is 4.94. The van der Waals surface area contributed by atoms with Crippen LogP contribution in [0.15, 0.2) is 47.3 Å². The molecule has 0 aliphatic rings. The SMILES string of the molecule is CCOc1cc(-c2c(C(=O)O)c(N)[nH]c(=O)c2C(=O)O)ccc1OCC(=O)Nc1ccccc1OC. The summed E-state index contributed by atoms with van der Waals surface area (Å²) in [4.78, 5) is 50.4. The number of aromatic carboxylic acids is 2. The van der Waals surface area contributed by atoms with Gasteiger partial charge in [0.05, 0.1) is 19.4 Å². The Labute approximate surface area is 204 Å². The Morgan fingerprint density at radius 1 is 0.972 bits per heavy atom. The Bertz CT molecular complexity index is 1380. The van der Waals surface area contributed by atoms with Gasteiger partial charge in [-0.25, -0.2) is 9.59 Å². The van der Waals surface area contributed by atoms with E-state index < -0.39 is 52.5 Å². The number of H-pyrrole nitrogens is 1. The minimum Gasteiger partial charge on any atom is -0.495 e. The molecule has 36 heavy (non-hydrogen) atoms. The first kappa shape index (κ1) is 25.6. The fourth-order valence-corrected chi connectivity index (χ4v) is 3.46. The zero-order valence-corrected chi connectivity index (χ0v) is 19.3. The summed E-state index contributed by atoms with van der Waals surface area (Å²) in [5.41, 5.74) is 3.33. The Hall–Kier alpha value is -5.00. The molecule has 0 spiro atoms. The summed E-state index contributed by atoms with van der Waals surface area (Å²) >= 11 is 0. The minimum atomic E-state index is -1.64. The van der Waals surface area contributed by atoms with Crippen molar-refractivity contribution in [3.63, 3.8) is 0 Å². The van der Waals surface area contributed by atoms with Crippen molar-refractivity contribution in [3.05, 3.63) is 63.9 Å². The molecule has 0 aliphatic heterocycles. The van der Waals surface area contributed by atoms with Gasteiger partial charge in [0.1, 0.15) is 22.7 Å². The number of carboxylic acids is 2. The Morgan fingerprint density at radius 2 is 1.67 bits per heavy atom. The average Bonchev–Trinajstić information content (AvgIpc) is 2.82. The molecule has 0 atom stereocenters. The van der Waals surface area contributed by atoms with Gasteiger partial charge in [-0.3, -0.25) is 9.59 Å². The molecule has 0 bridgehead atoms. The van der Waals surface area contributed by atoms with Crippen molar-refractivity contribution in [2.45, 2.75) is 6.92 Å². The Kier molecular flexibility index (Phi) is 7.79. The highest BCUT2D eigenvalue weighted by molar-refractivity contribution is 6.07. The number of para-hydroxylation sites is 2. The number of aromatic amines is 1. The molecule has 0 fully saturated rings. The molecule has 3 aromatic rings. The molecule has 1 heterocycles. The van der Waals surface area contributed by atoms with Crippen LogP contribution in [0.1, 0.15) is 27.6 Å². The van der Waals surface area contributed by atoms with Crippen LogP contribution in [0.2, 0.25) is 0 Å². The summed E-state index contributed by atoms with van der Waals surface area (Å²) in [7, 11) is 1.47. The number of nitrogens with one attached hydrogen (secondary N) is 2. The molecule has 6 N–H and O–H groups in total. The molecule has 0 aliphatic carbocycles. The third-order valence-corrected chi connectivity index (χ3v) is 4.94. The number of rotatable bonds is 10. The van der Waals surface area contributed by atoms with Crippen LogP contribution in [-0.2, 0) is 4.79 Å². The molecular weight excluding hydrogens is 474 g/mol. The third kappa shape index (κ3) is 5.38. The van der Waals surface area contributed by atoms with Crippen molar-refractivity contribution in [2.24, 2.45) is 0 Å². The van der Waals surface area contributed by atoms with Crippen LogP contribution in [0.5, 0.6) is 17.2 Å². The number of benzene rings is 2. The fraction of sp³-hybridized carbons (Fsp3) is 0.167. The molecular formula is C24H23N3O9. The summed E-state index contributed by atoms with van der Waals surface area (Å²) in [5, 5.41) is 21.9. The first-order chi connectivity index (χ1) is 17.2. The summed E-state index contributed by atoms with van der Waals surface area (Å²) in [5.74, 6) is -3.49. The van der Waals surface area contributed by atoms with Gasteiger partial charge in [-0.05, 0) is 36.8 Å². The molecule has 188 valence electrons. The number of pyridine rings is 1. The van der Waals surface area contributed by atoms with E-state index in [2.05, 4.69) is 5.32 Å². The summed E-state index contributed by atoms with van der Waals surface area (Å²) in [6, 6.07) is 10.8. The lowest BCUT2D eigenvalue weighted by atomic mass is 9.95. The minimum absolute atomic E-state index is 0.0388. The zero-order chi connectivity index (χ0) is 26.4. The molecule has 0 radical (unpaired) electrons. The number of carbonyl (C=O) groups is 3.